The molecule has 6 heteroatoms. The van der Waals surface area contributed by atoms with Gasteiger partial charge < -0.3 is 5.32 Å². The van der Waals surface area contributed by atoms with E-state index in [1.807, 2.05) is 0 Å². The molecule has 1 atom stereocenters. The Labute approximate surface area is 96.7 Å². The van der Waals surface area contributed by atoms with Gasteiger partial charge in [0.05, 0.1) is 0 Å². The van der Waals surface area contributed by atoms with Gasteiger partial charge >= 0.3 is 0 Å². The maximum Gasteiger partial charge on any atom is 0.230 e. The van der Waals surface area contributed by atoms with Crippen LogP contribution in [0.4, 0.5) is 5.13 Å². The average molecular weight is 247 g/mol. The summed E-state index contributed by atoms with van der Waals surface area (Å²) in [4.78, 5) is 26.3. The normalized spacial score (nSPS) is 12.2. The zero-order chi connectivity index (χ0) is 11.4. The quantitative estimate of drug-likeness (QED) is 0.654. The van der Waals surface area contributed by atoms with Crippen molar-refractivity contribution in [2.24, 2.45) is 5.92 Å². The van der Waals surface area contributed by atoms with Crippen molar-refractivity contribution in [1.29, 1.82) is 0 Å². The van der Waals surface area contributed by atoms with E-state index in [9.17, 15) is 9.59 Å². The number of thiazole rings is 1. The summed E-state index contributed by atoms with van der Waals surface area (Å²) in [7, 11) is 0. The fourth-order valence-electron chi connectivity index (χ4n) is 0.792. The van der Waals surface area contributed by atoms with Crippen LogP contribution in [0.5, 0.6) is 0 Å². The van der Waals surface area contributed by atoms with Crippen LogP contribution in [0, 0.1) is 5.92 Å². The third-order valence-electron chi connectivity index (χ3n) is 1.77. The molecule has 0 bridgehead atoms. The lowest BCUT2D eigenvalue weighted by Gasteiger charge is -2.05. The number of nitrogens with zero attached hydrogens (tertiary/aromatic N) is 1. The maximum atomic E-state index is 11.4. The Morgan fingerprint density at radius 1 is 1.67 bits per heavy atom. The summed E-state index contributed by atoms with van der Waals surface area (Å²) in [6.45, 7) is 3.16. The van der Waals surface area contributed by atoms with E-state index in [1.54, 1.807) is 12.3 Å². The Morgan fingerprint density at radius 2 is 2.33 bits per heavy atom. The molecular formula is C9H11ClN2O2S. The van der Waals surface area contributed by atoms with E-state index < -0.39 is 0 Å². The molecule has 1 rings (SSSR count). The average Bonchev–Trinajstić information content (AvgIpc) is 2.65. The SMILES string of the molecule is CC(=O)c1csc(NC(=O)C(C)CCl)n1. The standard InChI is InChI=1S/C9H11ClN2O2S/c1-5(3-10)8(14)12-9-11-7(4-15-9)6(2)13/h4-5H,3H2,1-2H3,(H,11,12,14). The number of carbonyl (C=O) groups is 2. The summed E-state index contributed by atoms with van der Waals surface area (Å²) in [6.07, 6.45) is 0. The van der Waals surface area contributed by atoms with Gasteiger partial charge in [0, 0.05) is 24.1 Å². The molecule has 1 aromatic rings. The molecule has 0 saturated heterocycles. The Bertz CT molecular complexity index is 378. The van der Waals surface area contributed by atoms with E-state index in [4.69, 9.17) is 11.6 Å². The number of hydrogen-bond acceptors (Lipinski definition) is 4. The van der Waals surface area contributed by atoms with Crippen LogP contribution in [-0.2, 0) is 4.79 Å². The van der Waals surface area contributed by atoms with Gasteiger partial charge in [-0.2, -0.15) is 0 Å². The predicted octanol–water partition coefficient (Wildman–Crippen LogP) is 2.16. The van der Waals surface area contributed by atoms with Crippen molar-refractivity contribution >= 4 is 39.8 Å². The first-order valence-electron chi connectivity index (χ1n) is 4.38. The highest BCUT2D eigenvalue weighted by Crippen LogP contribution is 2.16. The summed E-state index contributed by atoms with van der Waals surface area (Å²) >= 11 is 6.76. The zero-order valence-electron chi connectivity index (χ0n) is 8.41. The first-order chi connectivity index (χ1) is 7.04. The predicted molar refractivity (Wildman–Crippen MR) is 60.6 cm³/mol. The molecule has 1 aromatic heterocycles. The molecular weight excluding hydrogens is 236 g/mol. The van der Waals surface area contributed by atoms with E-state index in [0.29, 0.717) is 10.8 Å². The Balaban J connectivity index is 2.65. The van der Waals surface area contributed by atoms with E-state index in [2.05, 4.69) is 10.3 Å². The molecule has 0 aliphatic rings. The van der Waals surface area contributed by atoms with Gasteiger partial charge in [-0.1, -0.05) is 6.92 Å². The van der Waals surface area contributed by atoms with Crippen molar-refractivity contribution in [3.63, 3.8) is 0 Å². The molecule has 1 heterocycles. The molecule has 0 aromatic carbocycles. The summed E-state index contributed by atoms with van der Waals surface area (Å²) < 4.78 is 0. The number of alkyl halides is 1. The van der Waals surface area contributed by atoms with Crippen LogP contribution < -0.4 is 5.32 Å². The second kappa shape index (κ2) is 5.23. The summed E-state index contributed by atoms with van der Waals surface area (Å²) in [5, 5.41) is 4.65. The lowest BCUT2D eigenvalue weighted by Crippen LogP contribution is -2.21. The van der Waals surface area contributed by atoms with Crippen LogP contribution in [0.25, 0.3) is 0 Å². The third-order valence-corrected chi connectivity index (χ3v) is 2.99. The molecule has 0 radical (unpaired) electrons. The minimum Gasteiger partial charge on any atom is -0.302 e. The number of halogens is 1. The van der Waals surface area contributed by atoms with E-state index in [0.717, 1.165) is 0 Å². The molecule has 0 spiro atoms. The summed E-state index contributed by atoms with van der Waals surface area (Å²) in [5.74, 6) is -0.306. The number of hydrogen-bond donors (Lipinski definition) is 1. The largest absolute Gasteiger partial charge is 0.302 e. The van der Waals surface area contributed by atoms with E-state index in [-0.39, 0.29) is 23.5 Å². The van der Waals surface area contributed by atoms with Crippen molar-refractivity contribution < 1.29 is 9.59 Å². The molecule has 0 aliphatic carbocycles. The van der Waals surface area contributed by atoms with Crippen LogP contribution in [0.1, 0.15) is 24.3 Å². The third kappa shape index (κ3) is 3.28. The minimum absolute atomic E-state index is 0.114. The van der Waals surface area contributed by atoms with Crippen LogP contribution in [0.15, 0.2) is 5.38 Å². The fourth-order valence-corrected chi connectivity index (χ4v) is 1.68. The van der Waals surface area contributed by atoms with Gasteiger partial charge in [0.15, 0.2) is 10.9 Å². The number of ketones is 1. The van der Waals surface area contributed by atoms with Crippen LogP contribution in [0.3, 0.4) is 0 Å². The molecule has 0 aliphatic heterocycles. The molecule has 15 heavy (non-hydrogen) atoms. The smallest absolute Gasteiger partial charge is 0.230 e. The first kappa shape index (κ1) is 12.1. The highest BCUT2D eigenvalue weighted by molar-refractivity contribution is 7.14. The van der Waals surface area contributed by atoms with Gasteiger partial charge in [0.25, 0.3) is 0 Å². The molecule has 4 nitrogen and oxygen atoms in total. The van der Waals surface area contributed by atoms with E-state index >= 15 is 0 Å². The number of aromatic nitrogens is 1. The van der Waals surface area contributed by atoms with Crippen LogP contribution >= 0.6 is 22.9 Å². The number of carbonyl (C=O) groups excluding carboxylic acids is 2. The molecule has 82 valence electrons. The molecule has 1 unspecified atom stereocenters. The Kier molecular flexibility index (Phi) is 4.23. The van der Waals surface area contributed by atoms with Crippen molar-refractivity contribution in [1.82, 2.24) is 4.98 Å². The minimum atomic E-state index is -0.267. The first-order valence-corrected chi connectivity index (χ1v) is 5.79. The summed E-state index contributed by atoms with van der Waals surface area (Å²) in [6, 6.07) is 0. The topological polar surface area (TPSA) is 59.1 Å². The number of nitrogens with one attached hydrogen (secondary N) is 1. The summed E-state index contributed by atoms with van der Waals surface area (Å²) in [5.41, 5.74) is 0.369. The van der Waals surface area contributed by atoms with Gasteiger partial charge in [-0.05, 0) is 0 Å². The molecule has 1 amide bonds. The Hall–Kier alpha value is -0.940. The van der Waals surface area contributed by atoms with Crippen molar-refractivity contribution in [3.05, 3.63) is 11.1 Å². The second-order valence-electron chi connectivity index (χ2n) is 3.14. The molecule has 1 N–H and O–H groups in total. The van der Waals surface area contributed by atoms with Gasteiger partial charge in [-0.3, -0.25) is 9.59 Å². The molecule has 0 saturated carbocycles. The maximum absolute atomic E-state index is 11.4. The number of anilines is 1. The highest BCUT2D eigenvalue weighted by Gasteiger charge is 2.14. The van der Waals surface area contributed by atoms with E-state index in [1.165, 1.54) is 18.3 Å². The van der Waals surface area contributed by atoms with Crippen molar-refractivity contribution in [2.45, 2.75) is 13.8 Å². The van der Waals surface area contributed by atoms with Gasteiger partial charge in [0.2, 0.25) is 5.91 Å². The fraction of sp³-hybridized carbons (Fsp3) is 0.444. The lowest BCUT2D eigenvalue weighted by atomic mass is 10.2. The van der Waals surface area contributed by atoms with Gasteiger partial charge in [-0.15, -0.1) is 22.9 Å². The number of rotatable bonds is 4. The van der Waals surface area contributed by atoms with Crippen LogP contribution in [-0.4, -0.2) is 22.6 Å². The monoisotopic (exact) mass is 246 g/mol. The molecule has 0 fully saturated rings. The van der Waals surface area contributed by atoms with Crippen molar-refractivity contribution in [2.75, 3.05) is 11.2 Å². The Morgan fingerprint density at radius 3 is 2.80 bits per heavy atom. The zero-order valence-corrected chi connectivity index (χ0v) is 9.98. The second-order valence-corrected chi connectivity index (χ2v) is 4.31. The van der Waals surface area contributed by atoms with Crippen molar-refractivity contribution in [3.8, 4) is 0 Å². The van der Waals surface area contributed by atoms with Crippen LogP contribution in [0.2, 0.25) is 0 Å². The number of amides is 1. The lowest BCUT2D eigenvalue weighted by molar-refractivity contribution is -0.118. The highest BCUT2D eigenvalue weighted by atomic mass is 35.5. The van der Waals surface area contributed by atoms with Gasteiger partial charge in [-0.25, -0.2) is 4.98 Å². The van der Waals surface area contributed by atoms with Gasteiger partial charge in [0.1, 0.15) is 5.69 Å². The number of Topliss-reactive ketones (excluding diaryl/α,β-unsaturated/α-hetero) is 1.